The van der Waals surface area contributed by atoms with Crippen molar-refractivity contribution in [2.24, 2.45) is 0 Å². The highest BCUT2D eigenvalue weighted by Crippen LogP contribution is 2.32. The fourth-order valence-electron chi connectivity index (χ4n) is 4.80. The average Bonchev–Trinajstić information content (AvgIpc) is 3.44. The summed E-state index contributed by atoms with van der Waals surface area (Å²) in [5.41, 5.74) is 13.8. The van der Waals surface area contributed by atoms with Gasteiger partial charge in [0, 0.05) is 31.5 Å². The van der Waals surface area contributed by atoms with E-state index in [4.69, 9.17) is 20.4 Å². The molecule has 0 bridgehead atoms. The summed E-state index contributed by atoms with van der Waals surface area (Å²) in [6.07, 6.45) is 5.20. The molecule has 0 atom stereocenters. The number of nitrogens with two attached hydrogens (primary N) is 1. The molecule has 0 unspecified atom stereocenters. The predicted molar refractivity (Wildman–Crippen MR) is 125 cm³/mol. The fraction of sp³-hybridized carbons (Fsp3) is 0.320. The molecule has 7 heteroatoms. The zero-order valence-electron chi connectivity index (χ0n) is 18.0. The summed E-state index contributed by atoms with van der Waals surface area (Å²) in [5.74, 6) is 1.25. The number of pyridine rings is 2. The van der Waals surface area contributed by atoms with Crippen LogP contribution >= 0.6 is 0 Å². The normalized spacial score (nSPS) is 16.5. The Bertz CT molecular complexity index is 1290. The maximum Gasteiger partial charge on any atom is 0.165 e. The number of aromatic nitrogens is 4. The van der Waals surface area contributed by atoms with Crippen LogP contribution in [0.2, 0.25) is 0 Å². The van der Waals surface area contributed by atoms with Crippen LogP contribution in [0, 0.1) is 0 Å². The van der Waals surface area contributed by atoms with Crippen molar-refractivity contribution in [2.45, 2.75) is 25.8 Å². The van der Waals surface area contributed by atoms with Crippen LogP contribution in [0.25, 0.3) is 28.2 Å². The van der Waals surface area contributed by atoms with E-state index in [1.807, 2.05) is 12.1 Å². The van der Waals surface area contributed by atoms with E-state index in [0.29, 0.717) is 5.82 Å². The number of hydrogen-bond donors (Lipinski definition) is 1. The minimum atomic E-state index is 0.471. The van der Waals surface area contributed by atoms with Gasteiger partial charge in [0.05, 0.1) is 24.5 Å². The monoisotopic (exact) mass is 426 g/mol. The summed E-state index contributed by atoms with van der Waals surface area (Å²) in [5, 5.41) is 0. The largest absolute Gasteiger partial charge is 0.383 e. The Morgan fingerprint density at radius 3 is 2.72 bits per heavy atom. The Kier molecular flexibility index (Phi) is 4.85. The molecule has 32 heavy (non-hydrogen) atoms. The van der Waals surface area contributed by atoms with E-state index in [2.05, 4.69) is 44.8 Å². The number of aryl methyl sites for hydroxylation is 2. The molecule has 1 aromatic carbocycles. The SMILES string of the molecule is Nc1ncccc1-c1nc2ccc(CN3CCOCC3)nc2n1-c1ccc2c(c1)CCC2. The molecular weight excluding hydrogens is 400 g/mol. The van der Waals surface area contributed by atoms with Gasteiger partial charge in [0.2, 0.25) is 0 Å². The van der Waals surface area contributed by atoms with Crippen molar-refractivity contribution in [2.75, 3.05) is 32.0 Å². The summed E-state index contributed by atoms with van der Waals surface area (Å²) in [6, 6.07) is 14.7. The Labute approximate surface area is 186 Å². The molecule has 2 aliphatic rings. The van der Waals surface area contributed by atoms with Crippen LogP contribution in [0.4, 0.5) is 5.82 Å². The Hall–Kier alpha value is -3.29. The minimum absolute atomic E-state index is 0.471. The summed E-state index contributed by atoms with van der Waals surface area (Å²) in [7, 11) is 0. The number of anilines is 1. The third-order valence-corrected chi connectivity index (χ3v) is 6.47. The van der Waals surface area contributed by atoms with E-state index < -0.39 is 0 Å². The first-order chi connectivity index (χ1) is 15.8. The number of ether oxygens (including phenoxy) is 1. The Morgan fingerprint density at radius 2 is 1.84 bits per heavy atom. The minimum Gasteiger partial charge on any atom is -0.383 e. The second kappa shape index (κ2) is 8.00. The van der Waals surface area contributed by atoms with Gasteiger partial charge in [-0.3, -0.25) is 9.47 Å². The number of morpholine rings is 1. The van der Waals surface area contributed by atoms with Gasteiger partial charge in [-0.2, -0.15) is 0 Å². The second-order valence-corrected chi connectivity index (χ2v) is 8.55. The molecule has 1 aliphatic carbocycles. The van der Waals surface area contributed by atoms with Crippen LogP contribution in [0.15, 0.2) is 48.7 Å². The maximum absolute atomic E-state index is 6.26. The Morgan fingerprint density at radius 1 is 0.969 bits per heavy atom. The lowest BCUT2D eigenvalue weighted by molar-refractivity contribution is 0.0337. The second-order valence-electron chi connectivity index (χ2n) is 8.55. The third-order valence-electron chi connectivity index (χ3n) is 6.47. The van der Waals surface area contributed by atoms with Gasteiger partial charge in [0.15, 0.2) is 11.5 Å². The quantitative estimate of drug-likeness (QED) is 0.539. The Balaban J connectivity index is 1.51. The summed E-state index contributed by atoms with van der Waals surface area (Å²) in [4.78, 5) is 16.7. The molecule has 4 heterocycles. The van der Waals surface area contributed by atoms with Gasteiger partial charge in [-0.15, -0.1) is 0 Å². The molecule has 0 saturated carbocycles. The zero-order chi connectivity index (χ0) is 21.5. The molecule has 0 spiro atoms. The first-order valence-corrected chi connectivity index (χ1v) is 11.3. The van der Waals surface area contributed by atoms with E-state index in [9.17, 15) is 0 Å². The summed E-state index contributed by atoms with van der Waals surface area (Å²) >= 11 is 0. The smallest absolute Gasteiger partial charge is 0.165 e. The number of fused-ring (bicyclic) bond motifs is 2. The molecule has 6 rings (SSSR count). The van der Waals surface area contributed by atoms with Crippen molar-refractivity contribution in [3.05, 3.63) is 65.5 Å². The molecule has 7 nitrogen and oxygen atoms in total. The summed E-state index contributed by atoms with van der Waals surface area (Å²) < 4.78 is 7.63. The number of nitrogens with zero attached hydrogens (tertiary/aromatic N) is 5. The summed E-state index contributed by atoms with van der Waals surface area (Å²) in [6.45, 7) is 4.22. The van der Waals surface area contributed by atoms with Crippen LogP contribution in [0.5, 0.6) is 0 Å². The highest BCUT2D eigenvalue weighted by molar-refractivity contribution is 5.83. The molecule has 1 saturated heterocycles. The molecule has 4 aromatic rings. The number of hydrogen-bond acceptors (Lipinski definition) is 6. The lowest BCUT2D eigenvalue weighted by Gasteiger charge is -2.26. The van der Waals surface area contributed by atoms with Crippen molar-refractivity contribution >= 4 is 17.0 Å². The lowest BCUT2D eigenvalue weighted by atomic mass is 10.1. The van der Waals surface area contributed by atoms with E-state index >= 15 is 0 Å². The van der Waals surface area contributed by atoms with Gasteiger partial charge in [0.25, 0.3) is 0 Å². The van der Waals surface area contributed by atoms with Crippen molar-refractivity contribution in [1.82, 2.24) is 24.4 Å². The van der Waals surface area contributed by atoms with Gasteiger partial charge in [-0.1, -0.05) is 6.07 Å². The molecule has 0 amide bonds. The van der Waals surface area contributed by atoms with Crippen LogP contribution in [-0.4, -0.2) is 50.7 Å². The van der Waals surface area contributed by atoms with Crippen LogP contribution in [-0.2, 0) is 24.1 Å². The fourth-order valence-corrected chi connectivity index (χ4v) is 4.80. The highest BCUT2D eigenvalue weighted by atomic mass is 16.5. The van der Waals surface area contributed by atoms with Crippen molar-refractivity contribution in [1.29, 1.82) is 0 Å². The zero-order valence-corrected chi connectivity index (χ0v) is 18.0. The number of nitrogen functional groups attached to an aromatic ring is 1. The van der Waals surface area contributed by atoms with Gasteiger partial charge < -0.3 is 10.5 Å². The molecule has 1 aliphatic heterocycles. The molecule has 0 radical (unpaired) electrons. The van der Waals surface area contributed by atoms with Gasteiger partial charge in [-0.05, 0) is 66.8 Å². The lowest BCUT2D eigenvalue weighted by Crippen LogP contribution is -2.35. The first-order valence-electron chi connectivity index (χ1n) is 11.3. The molecular formula is C25H26N6O. The number of benzene rings is 1. The van der Waals surface area contributed by atoms with E-state index in [1.54, 1.807) is 6.20 Å². The van der Waals surface area contributed by atoms with Gasteiger partial charge >= 0.3 is 0 Å². The van der Waals surface area contributed by atoms with E-state index in [1.165, 1.54) is 17.5 Å². The highest BCUT2D eigenvalue weighted by Gasteiger charge is 2.21. The van der Waals surface area contributed by atoms with E-state index in [-0.39, 0.29) is 0 Å². The van der Waals surface area contributed by atoms with Crippen LogP contribution in [0.1, 0.15) is 23.2 Å². The number of rotatable bonds is 4. The molecule has 162 valence electrons. The third kappa shape index (κ3) is 3.43. The van der Waals surface area contributed by atoms with Gasteiger partial charge in [0.1, 0.15) is 11.3 Å². The van der Waals surface area contributed by atoms with Crippen LogP contribution in [0.3, 0.4) is 0 Å². The molecule has 1 fully saturated rings. The first kappa shape index (κ1) is 19.4. The molecule has 2 N–H and O–H groups in total. The van der Waals surface area contributed by atoms with Crippen molar-refractivity contribution < 1.29 is 4.74 Å². The van der Waals surface area contributed by atoms with Gasteiger partial charge in [-0.25, -0.2) is 15.0 Å². The van der Waals surface area contributed by atoms with Crippen molar-refractivity contribution in [3.8, 4) is 17.1 Å². The maximum atomic E-state index is 6.26. The van der Waals surface area contributed by atoms with E-state index in [0.717, 1.165) is 79.6 Å². The van der Waals surface area contributed by atoms with Crippen molar-refractivity contribution in [3.63, 3.8) is 0 Å². The standard InChI is InChI=1S/C25H26N6O/c26-23-21(5-2-10-27-23)24-29-22-9-7-19(16-30-11-13-32-14-12-30)28-25(22)31(24)20-8-6-17-3-1-4-18(17)15-20/h2,5-10,15H,1,3-4,11-14,16H2,(H2,26,27). The average molecular weight is 427 g/mol. The topological polar surface area (TPSA) is 82.1 Å². The number of imidazole rings is 1. The molecule has 3 aromatic heterocycles. The predicted octanol–water partition coefficient (Wildman–Crippen LogP) is 3.39. The van der Waals surface area contributed by atoms with Crippen LogP contribution < -0.4 is 5.73 Å².